The van der Waals surface area contributed by atoms with Gasteiger partial charge in [0.05, 0.1) is 0 Å². The Hall–Kier alpha value is -1.44. The van der Waals surface area contributed by atoms with Gasteiger partial charge in [0.1, 0.15) is 4.88 Å². The molecule has 1 N–H and O–H groups in total. The van der Waals surface area contributed by atoms with E-state index >= 15 is 0 Å². The van der Waals surface area contributed by atoms with Crippen molar-refractivity contribution < 1.29 is 27.9 Å². The number of aldehydes is 1. The van der Waals surface area contributed by atoms with Gasteiger partial charge in [0, 0.05) is 0 Å². The maximum atomic E-state index is 12.1. The fourth-order valence-corrected chi connectivity index (χ4v) is 1.46. The van der Waals surface area contributed by atoms with Crippen LogP contribution >= 0.6 is 11.3 Å². The molecule has 0 radical (unpaired) electrons. The van der Waals surface area contributed by atoms with Gasteiger partial charge in [-0.05, 0) is 0 Å². The molecular weight excluding hydrogens is 223 g/mol. The van der Waals surface area contributed by atoms with Crippen LogP contribution in [0.25, 0.3) is 0 Å². The average Bonchev–Trinajstić information content (AvgIpc) is 2.46. The van der Waals surface area contributed by atoms with Gasteiger partial charge in [0.15, 0.2) is 17.0 Å². The minimum Gasteiger partial charge on any atom is -0.477 e. The zero-order valence-corrected chi connectivity index (χ0v) is 7.15. The van der Waals surface area contributed by atoms with Gasteiger partial charge in [-0.25, -0.2) is 9.78 Å². The molecule has 0 saturated carbocycles. The first-order valence-electron chi connectivity index (χ1n) is 3.12. The number of carboxylic acid groups (broad SMARTS) is 1. The lowest BCUT2D eigenvalue weighted by Crippen LogP contribution is -2.11. The number of aromatic carboxylic acids is 1. The third kappa shape index (κ3) is 1.90. The van der Waals surface area contributed by atoms with Crippen molar-refractivity contribution in [3.63, 3.8) is 0 Å². The molecule has 0 aliphatic rings. The Balaban J connectivity index is 3.33. The molecule has 0 saturated heterocycles. The Bertz CT molecular complexity index is 384. The molecule has 0 aromatic carbocycles. The van der Waals surface area contributed by atoms with Crippen molar-refractivity contribution in [2.45, 2.75) is 6.18 Å². The molecule has 0 aliphatic heterocycles. The summed E-state index contributed by atoms with van der Waals surface area (Å²) in [5, 5.41) is 7.89. The minimum absolute atomic E-state index is 0.0757. The van der Waals surface area contributed by atoms with Gasteiger partial charge in [0.2, 0.25) is 0 Å². The largest absolute Gasteiger partial charge is 0.477 e. The van der Waals surface area contributed by atoms with E-state index in [1.165, 1.54) is 0 Å². The summed E-state index contributed by atoms with van der Waals surface area (Å²) in [6, 6.07) is 0. The van der Waals surface area contributed by atoms with Gasteiger partial charge >= 0.3 is 12.1 Å². The monoisotopic (exact) mass is 225 g/mol. The zero-order chi connectivity index (χ0) is 10.9. The van der Waals surface area contributed by atoms with Gasteiger partial charge in [-0.15, -0.1) is 11.3 Å². The molecule has 1 aromatic rings. The number of rotatable bonds is 2. The Labute approximate surface area is 79.0 Å². The summed E-state index contributed by atoms with van der Waals surface area (Å²) in [6.07, 6.45) is -4.78. The van der Waals surface area contributed by atoms with Gasteiger partial charge in [-0.3, -0.25) is 4.79 Å². The van der Waals surface area contributed by atoms with E-state index in [4.69, 9.17) is 5.11 Å². The van der Waals surface area contributed by atoms with Crippen molar-refractivity contribution in [3.05, 3.63) is 15.6 Å². The Kier molecular flexibility index (Phi) is 2.56. The molecule has 1 aromatic heterocycles. The smallest absolute Gasteiger partial charge is 0.435 e. The first-order valence-corrected chi connectivity index (χ1v) is 3.94. The lowest BCUT2D eigenvalue weighted by molar-refractivity contribution is -0.141. The van der Waals surface area contributed by atoms with Gasteiger partial charge in [0.25, 0.3) is 0 Å². The summed E-state index contributed by atoms with van der Waals surface area (Å²) >= 11 is 0.196. The van der Waals surface area contributed by atoms with Crippen LogP contribution in [0.2, 0.25) is 0 Å². The van der Waals surface area contributed by atoms with Crippen LogP contribution in [0.1, 0.15) is 25.2 Å². The fourth-order valence-electron chi connectivity index (χ4n) is 0.724. The van der Waals surface area contributed by atoms with Gasteiger partial charge in [-0.2, -0.15) is 13.2 Å². The molecule has 0 amide bonds. The first-order chi connectivity index (χ1) is 6.36. The molecule has 1 rings (SSSR count). The molecule has 14 heavy (non-hydrogen) atoms. The molecule has 0 aliphatic carbocycles. The van der Waals surface area contributed by atoms with E-state index in [1.54, 1.807) is 0 Å². The van der Waals surface area contributed by atoms with Crippen molar-refractivity contribution in [2.75, 3.05) is 0 Å². The van der Waals surface area contributed by atoms with E-state index in [0.29, 0.717) is 0 Å². The van der Waals surface area contributed by atoms with Gasteiger partial charge < -0.3 is 5.11 Å². The predicted molar refractivity (Wildman–Crippen MR) is 39.5 cm³/mol. The molecule has 8 heteroatoms. The van der Waals surface area contributed by atoms with E-state index in [-0.39, 0.29) is 17.6 Å². The normalized spacial score (nSPS) is 11.4. The number of nitrogens with zero attached hydrogens (tertiary/aromatic N) is 1. The van der Waals surface area contributed by atoms with Crippen LogP contribution in [0.5, 0.6) is 0 Å². The molecule has 0 spiro atoms. The molecule has 0 atom stereocenters. The van der Waals surface area contributed by atoms with E-state index in [2.05, 4.69) is 4.98 Å². The predicted octanol–water partition coefficient (Wildman–Crippen LogP) is 1.67. The maximum Gasteiger partial charge on any atom is 0.435 e. The third-order valence-corrected chi connectivity index (χ3v) is 2.18. The van der Waals surface area contributed by atoms with Crippen molar-refractivity contribution in [1.82, 2.24) is 4.98 Å². The number of carboxylic acids is 1. The maximum absolute atomic E-state index is 12.1. The third-order valence-electron chi connectivity index (χ3n) is 1.21. The quantitative estimate of drug-likeness (QED) is 0.777. The highest BCUT2D eigenvalue weighted by atomic mass is 32.1. The van der Waals surface area contributed by atoms with Crippen LogP contribution in [0.3, 0.4) is 0 Å². The van der Waals surface area contributed by atoms with Crippen LogP contribution < -0.4 is 0 Å². The SMILES string of the molecule is O=Cc1nc(C(F)(F)F)c(C(=O)O)s1. The molecular formula is C6H2F3NO3S. The summed E-state index contributed by atoms with van der Waals surface area (Å²) in [6.45, 7) is 0. The molecule has 0 bridgehead atoms. The number of carbonyl (C=O) groups is 2. The fraction of sp³-hybridized carbons (Fsp3) is 0.167. The lowest BCUT2D eigenvalue weighted by Gasteiger charge is -2.02. The van der Waals surface area contributed by atoms with Crippen LogP contribution in [0.15, 0.2) is 0 Å². The molecule has 1 heterocycles. The number of thiazole rings is 1. The molecule has 0 unspecified atom stereocenters. The summed E-state index contributed by atoms with van der Waals surface area (Å²) < 4.78 is 36.4. The Morgan fingerprint density at radius 1 is 1.50 bits per heavy atom. The number of halogens is 3. The Morgan fingerprint density at radius 3 is 2.36 bits per heavy atom. The van der Waals surface area contributed by atoms with Crippen molar-refractivity contribution >= 4 is 23.6 Å². The second-order valence-corrected chi connectivity index (χ2v) is 3.18. The summed E-state index contributed by atoms with van der Waals surface area (Å²) in [4.78, 5) is 22.4. The summed E-state index contributed by atoms with van der Waals surface area (Å²) in [5.74, 6) is -1.75. The van der Waals surface area contributed by atoms with Crippen LogP contribution in [-0.4, -0.2) is 22.3 Å². The zero-order valence-electron chi connectivity index (χ0n) is 6.33. The van der Waals surface area contributed by atoms with Crippen molar-refractivity contribution in [1.29, 1.82) is 0 Å². The van der Waals surface area contributed by atoms with Crippen LogP contribution in [0.4, 0.5) is 13.2 Å². The number of alkyl halides is 3. The van der Waals surface area contributed by atoms with E-state index in [0.717, 1.165) is 0 Å². The highest BCUT2D eigenvalue weighted by Crippen LogP contribution is 2.33. The van der Waals surface area contributed by atoms with Crippen LogP contribution in [0, 0.1) is 0 Å². The number of hydrogen-bond acceptors (Lipinski definition) is 4. The highest BCUT2D eigenvalue weighted by Gasteiger charge is 2.39. The van der Waals surface area contributed by atoms with E-state index in [1.807, 2.05) is 0 Å². The Morgan fingerprint density at radius 2 is 2.07 bits per heavy atom. The standard InChI is InChI=1S/C6H2F3NO3S/c7-6(8,9)4-3(5(12)13)14-2(1-11)10-4/h1H,(H,12,13). The summed E-state index contributed by atoms with van der Waals surface area (Å²) in [5.41, 5.74) is -1.53. The molecule has 0 fully saturated rings. The summed E-state index contributed by atoms with van der Waals surface area (Å²) in [7, 11) is 0. The highest BCUT2D eigenvalue weighted by molar-refractivity contribution is 7.15. The lowest BCUT2D eigenvalue weighted by atomic mass is 10.3. The number of hydrogen-bond donors (Lipinski definition) is 1. The average molecular weight is 225 g/mol. The second-order valence-electron chi connectivity index (χ2n) is 2.15. The number of aromatic nitrogens is 1. The van der Waals surface area contributed by atoms with E-state index in [9.17, 15) is 22.8 Å². The number of carbonyl (C=O) groups excluding carboxylic acids is 1. The van der Waals surface area contributed by atoms with E-state index < -0.39 is 27.7 Å². The van der Waals surface area contributed by atoms with Gasteiger partial charge in [-0.1, -0.05) is 0 Å². The van der Waals surface area contributed by atoms with Crippen molar-refractivity contribution in [2.24, 2.45) is 0 Å². The second kappa shape index (κ2) is 3.37. The molecule has 76 valence electrons. The molecule has 4 nitrogen and oxygen atoms in total. The topological polar surface area (TPSA) is 67.3 Å². The van der Waals surface area contributed by atoms with Crippen LogP contribution in [-0.2, 0) is 6.18 Å². The minimum atomic E-state index is -4.86. The first kappa shape index (κ1) is 10.6. The van der Waals surface area contributed by atoms with Crippen molar-refractivity contribution in [3.8, 4) is 0 Å².